The van der Waals surface area contributed by atoms with Crippen molar-refractivity contribution in [2.24, 2.45) is 0 Å². The molecule has 0 spiro atoms. The number of halogens is 2. The molecule has 0 saturated heterocycles. The van der Waals surface area contributed by atoms with E-state index in [4.69, 9.17) is 4.74 Å². The Balaban J connectivity index is 1.57. The zero-order valence-electron chi connectivity index (χ0n) is 14.5. The first-order valence-electron chi connectivity index (χ1n) is 8.71. The summed E-state index contributed by atoms with van der Waals surface area (Å²) in [5, 5.41) is 0. The van der Waals surface area contributed by atoms with E-state index >= 15 is 0 Å². The van der Waals surface area contributed by atoms with Crippen molar-refractivity contribution < 1.29 is 18.3 Å². The lowest BCUT2D eigenvalue weighted by Gasteiger charge is -2.37. The lowest BCUT2D eigenvalue weighted by molar-refractivity contribution is -0.136. The van der Waals surface area contributed by atoms with Gasteiger partial charge in [-0.1, -0.05) is 30.3 Å². The number of hydrogen-bond acceptors (Lipinski definition) is 2. The number of hydrogen-bond donors (Lipinski definition) is 0. The molecule has 6 heteroatoms. The number of carbonyl (C=O) groups excluding carboxylic acids is 1. The van der Waals surface area contributed by atoms with Gasteiger partial charge in [-0.15, -0.1) is 0 Å². The van der Waals surface area contributed by atoms with Gasteiger partial charge in [0.2, 0.25) is 0 Å². The molecule has 4 rings (SSSR count). The van der Waals surface area contributed by atoms with Crippen LogP contribution >= 0.6 is 0 Å². The topological polar surface area (TPSA) is 34.5 Å². The third-order valence-corrected chi connectivity index (χ3v) is 4.72. The van der Waals surface area contributed by atoms with Crippen LogP contribution in [0, 0.1) is 11.6 Å². The molecule has 1 unspecified atom stereocenters. The predicted molar refractivity (Wildman–Crippen MR) is 96.3 cm³/mol. The van der Waals surface area contributed by atoms with Crippen molar-refractivity contribution in [2.75, 3.05) is 13.2 Å². The molecule has 1 atom stereocenters. The molecule has 27 heavy (non-hydrogen) atoms. The molecule has 2 heterocycles. The molecule has 138 valence electrons. The standard InChI is InChI=1S/C21H18F2N2O2/c22-16-8-9-19(17(23)13-16)27-14-20(26)25-12-11-24-10-4-7-18(24)21(25)15-5-2-1-3-6-15/h1-10,13,21H,11-12,14H2. The van der Waals surface area contributed by atoms with Crippen LogP contribution in [0.2, 0.25) is 0 Å². The van der Waals surface area contributed by atoms with Crippen LogP contribution in [0.3, 0.4) is 0 Å². The van der Waals surface area contributed by atoms with Crippen molar-refractivity contribution >= 4 is 5.91 Å². The van der Waals surface area contributed by atoms with E-state index in [1.807, 2.05) is 48.7 Å². The fourth-order valence-corrected chi connectivity index (χ4v) is 3.45. The summed E-state index contributed by atoms with van der Waals surface area (Å²) in [7, 11) is 0. The van der Waals surface area contributed by atoms with Crippen molar-refractivity contribution in [3.63, 3.8) is 0 Å². The van der Waals surface area contributed by atoms with Gasteiger partial charge in [0.1, 0.15) is 5.82 Å². The van der Waals surface area contributed by atoms with Gasteiger partial charge in [-0.05, 0) is 29.8 Å². The summed E-state index contributed by atoms with van der Waals surface area (Å²) in [4.78, 5) is 14.6. The largest absolute Gasteiger partial charge is 0.481 e. The first kappa shape index (κ1) is 17.3. The Bertz CT molecular complexity index is 956. The molecule has 0 bridgehead atoms. The van der Waals surface area contributed by atoms with Crippen molar-refractivity contribution in [3.05, 3.63) is 89.8 Å². The van der Waals surface area contributed by atoms with Crippen LogP contribution in [-0.4, -0.2) is 28.5 Å². The number of carbonyl (C=O) groups is 1. The third kappa shape index (κ3) is 3.43. The predicted octanol–water partition coefficient (Wildman–Crippen LogP) is 3.78. The number of rotatable bonds is 4. The summed E-state index contributed by atoms with van der Waals surface area (Å²) in [6.45, 7) is 0.893. The van der Waals surface area contributed by atoms with Gasteiger partial charge in [-0.3, -0.25) is 4.79 Å². The van der Waals surface area contributed by atoms with Gasteiger partial charge in [0, 0.05) is 31.0 Å². The van der Waals surface area contributed by atoms with E-state index in [1.165, 1.54) is 6.07 Å². The highest BCUT2D eigenvalue weighted by Gasteiger charge is 2.32. The maximum atomic E-state index is 13.7. The van der Waals surface area contributed by atoms with Gasteiger partial charge in [-0.25, -0.2) is 8.78 Å². The molecule has 0 radical (unpaired) electrons. The van der Waals surface area contributed by atoms with E-state index in [1.54, 1.807) is 4.90 Å². The molecule has 4 nitrogen and oxygen atoms in total. The average molecular weight is 368 g/mol. The number of nitrogens with zero attached hydrogens (tertiary/aromatic N) is 2. The van der Waals surface area contributed by atoms with E-state index < -0.39 is 11.6 Å². The molecule has 3 aromatic rings. The van der Waals surface area contributed by atoms with Crippen LogP contribution in [0.5, 0.6) is 5.75 Å². The maximum Gasteiger partial charge on any atom is 0.261 e. The van der Waals surface area contributed by atoms with Crippen LogP contribution in [0.1, 0.15) is 17.3 Å². The molecule has 0 fully saturated rings. The van der Waals surface area contributed by atoms with Gasteiger partial charge >= 0.3 is 0 Å². The molecule has 1 aromatic heterocycles. The average Bonchev–Trinajstić information content (AvgIpc) is 3.15. The molecule has 1 aliphatic heterocycles. The van der Waals surface area contributed by atoms with Gasteiger partial charge in [0.25, 0.3) is 5.91 Å². The Hall–Kier alpha value is -3.15. The fraction of sp³-hybridized carbons (Fsp3) is 0.190. The molecule has 2 aromatic carbocycles. The smallest absolute Gasteiger partial charge is 0.261 e. The van der Waals surface area contributed by atoms with E-state index in [-0.39, 0.29) is 24.3 Å². The molecule has 0 saturated carbocycles. The summed E-state index contributed by atoms with van der Waals surface area (Å²) in [5.41, 5.74) is 2.02. The van der Waals surface area contributed by atoms with E-state index in [9.17, 15) is 13.6 Å². The number of ether oxygens (including phenoxy) is 1. The van der Waals surface area contributed by atoms with Crippen LogP contribution in [0.25, 0.3) is 0 Å². The number of benzene rings is 2. The SMILES string of the molecule is O=C(COc1ccc(F)cc1F)N1CCn2cccc2C1c1ccccc1. The van der Waals surface area contributed by atoms with Crippen molar-refractivity contribution in [1.82, 2.24) is 9.47 Å². The van der Waals surface area contributed by atoms with Crippen LogP contribution < -0.4 is 4.74 Å². The first-order valence-corrected chi connectivity index (χ1v) is 8.71. The minimum atomic E-state index is -0.824. The molecular weight excluding hydrogens is 350 g/mol. The minimum Gasteiger partial charge on any atom is -0.481 e. The van der Waals surface area contributed by atoms with E-state index in [0.717, 1.165) is 23.4 Å². The van der Waals surface area contributed by atoms with Crippen LogP contribution in [0.4, 0.5) is 8.78 Å². The summed E-state index contributed by atoms with van der Waals surface area (Å²) in [6.07, 6.45) is 2.00. The van der Waals surface area contributed by atoms with E-state index in [0.29, 0.717) is 13.1 Å². The quantitative estimate of drug-likeness (QED) is 0.703. The fourth-order valence-electron chi connectivity index (χ4n) is 3.45. The second-order valence-electron chi connectivity index (χ2n) is 6.39. The zero-order valence-corrected chi connectivity index (χ0v) is 14.5. The number of fused-ring (bicyclic) bond motifs is 1. The Morgan fingerprint density at radius 1 is 1.04 bits per heavy atom. The highest BCUT2D eigenvalue weighted by Crippen LogP contribution is 2.32. The molecule has 1 aliphatic rings. The molecule has 1 amide bonds. The highest BCUT2D eigenvalue weighted by atomic mass is 19.1. The van der Waals surface area contributed by atoms with Crippen molar-refractivity contribution in [3.8, 4) is 5.75 Å². The van der Waals surface area contributed by atoms with Crippen molar-refractivity contribution in [2.45, 2.75) is 12.6 Å². The normalized spacial score (nSPS) is 16.1. The number of amides is 1. The van der Waals surface area contributed by atoms with Crippen molar-refractivity contribution in [1.29, 1.82) is 0 Å². The zero-order chi connectivity index (χ0) is 18.8. The lowest BCUT2D eigenvalue weighted by atomic mass is 10.00. The maximum absolute atomic E-state index is 13.7. The van der Waals surface area contributed by atoms with Gasteiger partial charge in [0.15, 0.2) is 18.2 Å². The van der Waals surface area contributed by atoms with Gasteiger partial charge < -0.3 is 14.2 Å². The minimum absolute atomic E-state index is 0.138. The Morgan fingerprint density at radius 3 is 2.63 bits per heavy atom. The summed E-state index contributed by atoms with van der Waals surface area (Å²) < 4.78 is 34.2. The van der Waals surface area contributed by atoms with Gasteiger partial charge in [-0.2, -0.15) is 0 Å². The Kier molecular flexibility index (Phi) is 4.62. The van der Waals surface area contributed by atoms with Crippen LogP contribution in [0.15, 0.2) is 66.9 Å². The molecule has 0 N–H and O–H groups in total. The summed E-state index contributed by atoms with van der Waals surface area (Å²) in [6, 6.07) is 16.5. The third-order valence-electron chi connectivity index (χ3n) is 4.72. The first-order chi connectivity index (χ1) is 13.1. The highest BCUT2D eigenvalue weighted by molar-refractivity contribution is 5.79. The second-order valence-corrected chi connectivity index (χ2v) is 6.39. The lowest BCUT2D eigenvalue weighted by Crippen LogP contribution is -2.44. The van der Waals surface area contributed by atoms with Crippen LogP contribution in [-0.2, 0) is 11.3 Å². The summed E-state index contributed by atoms with van der Waals surface area (Å²) >= 11 is 0. The van der Waals surface area contributed by atoms with Gasteiger partial charge in [0.05, 0.1) is 6.04 Å². The second kappa shape index (κ2) is 7.23. The molecule has 0 aliphatic carbocycles. The summed E-state index contributed by atoms with van der Waals surface area (Å²) in [5.74, 6) is -1.90. The molecular formula is C21H18F2N2O2. The Labute approximate surface area is 155 Å². The number of aromatic nitrogens is 1. The van der Waals surface area contributed by atoms with E-state index in [2.05, 4.69) is 4.57 Å². The monoisotopic (exact) mass is 368 g/mol. The Morgan fingerprint density at radius 2 is 1.85 bits per heavy atom.